The van der Waals surface area contributed by atoms with E-state index >= 15 is 0 Å². The van der Waals surface area contributed by atoms with Gasteiger partial charge in [-0.1, -0.05) is 31.4 Å². The molecule has 0 radical (unpaired) electrons. The lowest BCUT2D eigenvalue weighted by atomic mass is 10.0. The van der Waals surface area contributed by atoms with Crippen LogP contribution in [0.25, 0.3) is 0 Å². The van der Waals surface area contributed by atoms with Crippen LogP contribution in [0.3, 0.4) is 0 Å². The number of imide groups is 1. The van der Waals surface area contributed by atoms with Gasteiger partial charge in [0.1, 0.15) is 6.04 Å². The van der Waals surface area contributed by atoms with Gasteiger partial charge < -0.3 is 16.0 Å². The maximum absolute atomic E-state index is 12.7. The van der Waals surface area contributed by atoms with Crippen LogP contribution in [0.5, 0.6) is 0 Å². The molecule has 1 unspecified atom stereocenters. The van der Waals surface area contributed by atoms with Gasteiger partial charge in [0.15, 0.2) is 0 Å². The highest BCUT2D eigenvalue weighted by atomic mass is 16.2. The number of benzene rings is 1. The molecule has 7 nitrogen and oxygen atoms in total. The van der Waals surface area contributed by atoms with Crippen molar-refractivity contribution in [2.24, 2.45) is 5.73 Å². The van der Waals surface area contributed by atoms with E-state index in [4.69, 9.17) is 5.73 Å². The first-order chi connectivity index (χ1) is 13.5. The summed E-state index contributed by atoms with van der Waals surface area (Å²) in [6, 6.07) is 5.84. The number of rotatable bonds is 4. The SMILES string of the molecule is N[C@@H]1CCCCC[C@@H]1NCc1ccc2c(c1)CN(C1CCC(=O)NC1=O)C2=O. The Morgan fingerprint density at radius 3 is 2.75 bits per heavy atom. The van der Waals surface area contributed by atoms with Crippen LogP contribution in [0.4, 0.5) is 0 Å². The van der Waals surface area contributed by atoms with Crippen molar-refractivity contribution in [3.8, 4) is 0 Å². The van der Waals surface area contributed by atoms with Crippen LogP contribution in [0.2, 0.25) is 0 Å². The first kappa shape index (κ1) is 19.1. The Labute approximate surface area is 165 Å². The number of hydrogen-bond acceptors (Lipinski definition) is 5. The van der Waals surface area contributed by atoms with Gasteiger partial charge in [0, 0.05) is 37.2 Å². The Morgan fingerprint density at radius 2 is 1.93 bits per heavy atom. The number of fused-ring (bicyclic) bond motifs is 1. The molecular weight excluding hydrogens is 356 g/mol. The molecule has 4 N–H and O–H groups in total. The smallest absolute Gasteiger partial charge is 0.255 e. The lowest BCUT2D eigenvalue weighted by molar-refractivity contribution is -0.136. The molecule has 7 heteroatoms. The maximum Gasteiger partial charge on any atom is 0.255 e. The standard InChI is InChI=1S/C21H28N4O3/c22-16-4-2-1-3-5-17(16)23-11-13-6-7-15-14(10-13)12-25(21(15)28)18-8-9-19(26)24-20(18)27/h6-7,10,16-18,23H,1-5,8-9,11-12,22H2,(H,24,26,27)/t16-,17+,18?/m1/s1. The number of carbonyl (C=O) groups excluding carboxylic acids is 3. The van der Waals surface area contributed by atoms with E-state index in [1.165, 1.54) is 19.3 Å². The van der Waals surface area contributed by atoms with Gasteiger partial charge in [0.25, 0.3) is 5.91 Å². The lowest BCUT2D eigenvalue weighted by Crippen LogP contribution is -2.52. The molecule has 1 aliphatic carbocycles. The molecule has 0 bridgehead atoms. The molecule has 3 aliphatic rings. The molecule has 2 heterocycles. The molecule has 28 heavy (non-hydrogen) atoms. The van der Waals surface area contributed by atoms with Crippen molar-refractivity contribution in [3.63, 3.8) is 0 Å². The summed E-state index contributed by atoms with van der Waals surface area (Å²) in [6.45, 7) is 1.13. The topological polar surface area (TPSA) is 105 Å². The Bertz CT molecular complexity index is 794. The summed E-state index contributed by atoms with van der Waals surface area (Å²) in [7, 11) is 0. The summed E-state index contributed by atoms with van der Waals surface area (Å²) in [4.78, 5) is 37.9. The van der Waals surface area contributed by atoms with Crippen molar-refractivity contribution in [2.75, 3.05) is 0 Å². The molecule has 3 amide bonds. The minimum absolute atomic E-state index is 0.130. The van der Waals surface area contributed by atoms with Crippen molar-refractivity contribution >= 4 is 17.7 Å². The minimum Gasteiger partial charge on any atom is -0.326 e. The highest BCUT2D eigenvalue weighted by Crippen LogP contribution is 2.28. The summed E-state index contributed by atoms with van der Waals surface area (Å²) >= 11 is 0. The average Bonchev–Trinajstić information content (AvgIpc) is 2.84. The van der Waals surface area contributed by atoms with Gasteiger partial charge in [-0.15, -0.1) is 0 Å². The van der Waals surface area contributed by atoms with E-state index in [9.17, 15) is 14.4 Å². The van der Waals surface area contributed by atoms with E-state index in [1.807, 2.05) is 18.2 Å². The molecule has 150 valence electrons. The third kappa shape index (κ3) is 3.82. The van der Waals surface area contributed by atoms with Gasteiger partial charge in [-0.2, -0.15) is 0 Å². The van der Waals surface area contributed by atoms with Crippen molar-refractivity contribution in [1.29, 1.82) is 0 Å². The molecule has 1 aromatic carbocycles. The quantitative estimate of drug-likeness (QED) is 0.534. The molecule has 2 fully saturated rings. The second kappa shape index (κ2) is 8.01. The number of nitrogens with two attached hydrogens (primary N) is 1. The molecule has 3 atom stereocenters. The third-order valence-corrected chi connectivity index (χ3v) is 6.23. The van der Waals surface area contributed by atoms with Gasteiger partial charge in [0.05, 0.1) is 0 Å². The number of hydrogen-bond donors (Lipinski definition) is 3. The van der Waals surface area contributed by atoms with E-state index in [1.54, 1.807) is 4.90 Å². The third-order valence-electron chi connectivity index (χ3n) is 6.23. The Hall–Kier alpha value is -2.25. The van der Waals surface area contributed by atoms with Crippen molar-refractivity contribution in [1.82, 2.24) is 15.5 Å². The largest absolute Gasteiger partial charge is 0.326 e. The van der Waals surface area contributed by atoms with Crippen LogP contribution in [-0.4, -0.2) is 40.7 Å². The first-order valence-electron chi connectivity index (χ1n) is 10.3. The van der Waals surface area contributed by atoms with Crippen molar-refractivity contribution in [2.45, 2.75) is 76.2 Å². The first-order valence-corrected chi connectivity index (χ1v) is 10.3. The molecule has 4 rings (SSSR count). The number of piperidine rings is 1. The van der Waals surface area contributed by atoms with Crippen LogP contribution in [0.1, 0.15) is 66.4 Å². The normalized spacial score (nSPS) is 28.1. The molecule has 0 spiro atoms. The van der Waals surface area contributed by atoms with Crippen LogP contribution in [-0.2, 0) is 22.7 Å². The highest BCUT2D eigenvalue weighted by Gasteiger charge is 2.39. The summed E-state index contributed by atoms with van der Waals surface area (Å²) in [5, 5.41) is 5.93. The molecule has 2 aliphatic heterocycles. The van der Waals surface area contributed by atoms with Crippen LogP contribution >= 0.6 is 0 Å². The predicted octanol–water partition coefficient (Wildman–Crippen LogP) is 1.20. The van der Waals surface area contributed by atoms with E-state index in [2.05, 4.69) is 10.6 Å². The second-order valence-corrected chi connectivity index (χ2v) is 8.18. The molecule has 1 saturated carbocycles. The van der Waals surface area contributed by atoms with E-state index in [0.29, 0.717) is 24.6 Å². The van der Waals surface area contributed by atoms with Gasteiger partial charge in [-0.05, 0) is 36.5 Å². The van der Waals surface area contributed by atoms with Crippen molar-refractivity contribution in [3.05, 3.63) is 34.9 Å². The zero-order valence-corrected chi connectivity index (χ0v) is 16.1. The monoisotopic (exact) mass is 384 g/mol. The number of nitrogens with zero attached hydrogens (tertiary/aromatic N) is 1. The second-order valence-electron chi connectivity index (χ2n) is 8.18. The molecule has 1 aromatic rings. The zero-order valence-electron chi connectivity index (χ0n) is 16.1. The van der Waals surface area contributed by atoms with Crippen molar-refractivity contribution < 1.29 is 14.4 Å². The summed E-state index contributed by atoms with van der Waals surface area (Å²) in [5.74, 6) is -0.771. The summed E-state index contributed by atoms with van der Waals surface area (Å²) < 4.78 is 0. The number of carbonyl (C=O) groups is 3. The average molecular weight is 384 g/mol. The number of amides is 3. The van der Waals surface area contributed by atoms with Gasteiger partial charge in [-0.25, -0.2) is 0 Å². The Balaban J connectivity index is 1.42. The fourth-order valence-electron chi connectivity index (χ4n) is 4.58. The molecular formula is C21H28N4O3. The fourth-order valence-corrected chi connectivity index (χ4v) is 4.58. The summed E-state index contributed by atoms with van der Waals surface area (Å²) in [5.41, 5.74) is 9.01. The van der Waals surface area contributed by atoms with Crippen LogP contribution in [0, 0.1) is 0 Å². The maximum atomic E-state index is 12.7. The zero-order chi connectivity index (χ0) is 19.7. The fraction of sp³-hybridized carbons (Fsp3) is 0.571. The minimum atomic E-state index is -0.567. The van der Waals surface area contributed by atoms with Gasteiger partial charge in [0.2, 0.25) is 11.8 Å². The van der Waals surface area contributed by atoms with E-state index in [-0.39, 0.29) is 30.2 Å². The lowest BCUT2D eigenvalue weighted by Gasteiger charge is -2.29. The summed E-state index contributed by atoms with van der Waals surface area (Å²) in [6.07, 6.45) is 6.50. The Morgan fingerprint density at radius 1 is 1.11 bits per heavy atom. The van der Waals surface area contributed by atoms with Gasteiger partial charge >= 0.3 is 0 Å². The van der Waals surface area contributed by atoms with E-state index in [0.717, 1.165) is 30.5 Å². The van der Waals surface area contributed by atoms with Gasteiger partial charge in [-0.3, -0.25) is 19.7 Å². The highest BCUT2D eigenvalue weighted by molar-refractivity contribution is 6.05. The molecule has 0 aromatic heterocycles. The predicted molar refractivity (Wildman–Crippen MR) is 104 cm³/mol. The Kier molecular flexibility index (Phi) is 5.46. The van der Waals surface area contributed by atoms with Crippen LogP contribution in [0.15, 0.2) is 18.2 Å². The molecule has 1 saturated heterocycles. The van der Waals surface area contributed by atoms with Crippen LogP contribution < -0.4 is 16.4 Å². The number of nitrogens with one attached hydrogen (secondary N) is 2. The van der Waals surface area contributed by atoms with E-state index < -0.39 is 6.04 Å².